The lowest BCUT2D eigenvalue weighted by Crippen LogP contribution is -2.16. The summed E-state index contributed by atoms with van der Waals surface area (Å²) >= 11 is 9.02. The van der Waals surface area contributed by atoms with Gasteiger partial charge in [0, 0.05) is 18.0 Å². The number of benzene rings is 2. The minimum atomic E-state index is 0.457. The number of ether oxygens (including phenoxy) is 2. The Bertz CT molecular complexity index is 1270. The molecule has 2 aromatic carbocycles. The molecule has 32 heavy (non-hydrogen) atoms. The van der Waals surface area contributed by atoms with Crippen molar-refractivity contribution in [2.45, 2.75) is 20.1 Å². The lowest BCUT2D eigenvalue weighted by molar-refractivity contribution is 0.282. The number of nitrogens with one attached hydrogen (secondary N) is 2. The van der Waals surface area contributed by atoms with Crippen LogP contribution in [0.3, 0.4) is 0 Å². The van der Waals surface area contributed by atoms with Crippen molar-refractivity contribution in [3.63, 3.8) is 0 Å². The van der Waals surface area contributed by atoms with Gasteiger partial charge in [0.2, 0.25) is 4.77 Å². The van der Waals surface area contributed by atoms with E-state index in [4.69, 9.17) is 21.7 Å². The predicted molar refractivity (Wildman–Crippen MR) is 130 cm³/mol. The Balaban J connectivity index is 1.52. The van der Waals surface area contributed by atoms with Crippen LogP contribution in [-0.4, -0.2) is 27.0 Å². The molecule has 0 radical (unpaired) electrons. The largest absolute Gasteiger partial charge is 0.493 e. The van der Waals surface area contributed by atoms with E-state index in [2.05, 4.69) is 55.6 Å². The van der Waals surface area contributed by atoms with Gasteiger partial charge in [-0.05, 0) is 76.0 Å². The average Bonchev–Trinajstić information content (AvgIpc) is 3.18. The van der Waals surface area contributed by atoms with Crippen LogP contribution in [0.25, 0.3) is 11.4 Å². The standard InChI is InChI=1S/C23H22BrN5O2S/c1-15-5-3-4-6-18(15)14-31-21-19(24)11-16(12-20(21)30-2)13-26-29-22(27-28-23(29)32)17-7-9-25-10-8-17/h3-12,26H,13-14H2,1-2H3,(H,28,32). The molecule has 0 fully saturated rings. The van der Waals surface area contributed by atoms with Gasteiger partial charge in [-0.2, -0.15) is 5.10 Å². The van der Waals surface area contributed by atoms with E-state index in [9.17, 15) is 0 Å². The zero-order valence-electron chi connectivity index (χ0n) is 17.6. The second kappa shape index (κ2) is 9.97. The Labute approximate surface area is 199 Å². The minimum Gasteiger partial charge on any atom is -0.493 e. The summed E-state index contributed by atoms with van der Waals surface area (Å²) in [5.41, 5.74) is 7.52. The van der Waals surface area contributed by atoms with Crippen LogP contribution in [0.2, 0.25) is 0 Å². The summed E-state index contributed by atoms with van der Waals surface area (Å²) in [4.78, 5) is 4.05. The van der Waals surface area contributed by atoms with E-state index in [-0.39, 0.29) is 0 Å². The third-order valence-corrected chi connectivity index (χ3v) is 5.84. The van der Waals surface area contributed by atoms with Crippen LogP contribution in [-0.2, 0) is 13.2 Å². The number of rotatable bonds is 8. The molecule has 7 nitrogen and oxygen atoms in total. The number of halogens is 1. The SMILES string of the molecule is COc1cc(CNn2c(-c3ccncc3)n[nH]c2=S)cc(Br)c1OCc1ccccc1C. The van der Waals surface area contributed by atoms with E-state index < -0.39 is 0 Å². The van der Waals surface area contributed by atoms with Crippen molar-refractivity contribution < 1.29 is 9.47 Å². The van der Waals surface area contributed by atoms with Crippen LogP contribution in [0.5, 0.6) is 11.5 Å². The summed E-state index contributed by atoms with van der Waals surface area (Å²) in [7, 11) is 1.63. The molecular formula is C23H22BrN5O2S. The average molecular weight is 512 g/mol. The Kier molecular flexibility index (Phi) is 6.87. The third kappa shape index (κ3) is 4.84. The first-order valence-electron chi connectivity index (χ1n) is 9.92. The number of aromatic nitrogens is 4. The van der Waals surface area contributed by atoms with E-state index in [0.717, 1.165) is 21.2 Å². The highest BCUT2D eigenvalue weighted by Crippen LogP contribution is 2.37. The molecule has 164 valence electrons. The number of hydrogen-bond donors (Lipinski definition) is 2. The Morgan fingerprint density at radius 1 is 1.16 bits per heavy atom. The normalized spacial score (nSPS) is 10.7. The summed E-state index contributed by atoms with van der Waals surface area (Å²) < 4.78 is 14.7. The van der Waals surface area contributed by atoms with E-state index >= 15 is 0 Å². The first-order chi connectivity index (χ1) is 15.6. The molecule has 0 unspecified atom stereocenters. The van der Waals surface area contributed by atoms with Crippen molar-refractivity contribution in [3.05, 3.63) is 86.9 Å². The first kappa shape index (κ1) is 22.0. The number of nitrogens with zero attached hydrogens (tertiary/aromatic N) is 3. The molecule has 0 aliphatic rings. The number of aromatic amines is 1. The zero-order valence-corrected chi connectivity index (χ0v) is 20.0. The van der Waals surface area contributed by atoms with Gasteiger partial charge in [-0.3, -0.25) is 4.98 Å². The van der Waals surface area contributed by atoms with Gasteiger partial charge in [-0.25, -0.2) is 9.77 Å². The van der Waals surface area contributed by atoms with Gasteiger partial charge in [-0.15, -0.1) is 0 Å². The molecule has 0 saturated carbocycles. The molecule has 0 atom stereocenters. The fourth-order valence-corrected chi connectivity index (χ4v) is 4.05. The van der Waals surface area contributed by atoms with Crippen molar-refractivity contribution in [1.82, 2.24) is 19.9 Å². The van der Waals surface area contributed by atoms with E-state index in [0.29, 0.717) is 35.2 Å². The lowest BCUT2D eigenvalue weighted by atomic mass is 10.1. The van der Waals surface area contributed by atoms with E-state index in [1.54, 1.807) is 24.2 Å². The number of H-pyrrole nitrogens is 1. The van der Waals surface area contributed by atoms with Crippen LogP contribution in [0.1, 0.15) is 16.7 Å². The zero-order chi connectivity index (χ0) is 22.5. The topological polar surface area (TPSA) is 77.0 Å². The van der Waals surface area contributed by atoms with Gasteiger partial charge < -0.3 is 14.9 Å². The Morgan fingerprint density at radius 3 is 2.69 bits per heavy atom. The van der Waals surface area contributed by atoms with Crippen LogP contribution < -0.4 is 14.9 Å². The Morgan fingerprint density at radius 2 is 1.94 bits per heavy atom. The van der Waals surface area contributed by atoms with Crippen molar-refractivity contribution in [2.75, 3.05) is 12.5 Å². The van der Waals surface area contributed by atoms with Gasteiger partial charge in [0.1, 0.15) is 6.61 Å². The molecule has 0 spiro atoms. The van der Waals surface area contributed by atoms with Crippen molar-refractivity contribution >= 4 is 28.1 Å². The number of hydrogen-bond acceptors (Lipinski definition) is 6. The Hall–Kier alpha value is -3.17. The van der Waals surface area contributed by atoms with Crippen LogP contribution in [0, 0.1) is 11.7 Å². The molecule has 2 heterocycles. The minimum absolute atomic E-state index is 0.457. The molecule has 0 saturated heterocycles. The molecule has 0 amide bonds. The van der Waals surface area contributed by atoms with Crippen molar-refractivity contribution in [2.24, 2.45) is 0 Å². The van der Waals surface area contributed by atoms with Crippen LogP contribution in [0.15, 0.2) is 65.4 Å². The summed E-state index contributed by atoms with van der Waals surface area (Å²) in [6.07, 6.45) is 3.43. The van der Waals surface area contributed by atoms with E-state index in [1.807, 2.05) is 36.4 Å². The quantitative estimate of drug-likeness (QED) is 0.308. The molecule has 0 aliphatic carbocycles. The summed E-state index contributed by atoms with van der Waals surface area (Å²) in [6.45, 7) is 3.03. The lowest BCUT2D eigenvalue weighted by Gasteiger charge is -2.16. The van der Waals surface area contributed by atoms with Gasteiger partial charge in [0.25, 0.3) is 0 Å². The summed E-state index contributed by atoms with van der Waals surface area (Å²) in [5, 5.41) is 7.16. The maximum Gasteiger partial charge on any atom is 0.214 e. The monoisotopic (exact) mass is 511 g/mol. The number of methoxy groups -OCH3 is 1. The van der Waals surface area contributed by atoms with Crippen LogP contribution in [0.4, 0.5) is 0 Å². The molecule has 2 N–H and O–H groups in total. The first-order valence-corrected chi connectivity index (χ1v) is 11.1. The maximum absolute atomic E-state index is 6.09. The van der Waals surface area contributed by atoms with Gasteiger partial charge in [0.05, 0.1) is 18.1 Å². The summed E-state index contributed by atoms with van der Waals surface area (Å²) in [6, 6.07) is 15.9. The molecule has 0 bridgehead atoms. The molecular weight excluding hydrogens is 490 g/mol. The molecule has 4 rings (SSSR count). The second-order valence-corrected chi connectivity index (χ2v) is 8.32. The molecule has 0 aliphatic heterocycles. The smallest absolute Gasteiger partial charge is 0.214 e. The second-order valence-electron chi connectivity index (χ2n) is 7.08. The van der Waals surface area contributed by atoms with Gasteiger partial charge in [-0.1, -0.05) is 24.3 Å². The number of aryl methyl sites for hydroxylation is 1. The van der Waals surface area contributed by atoms with Gasteiger partial charge >= 0.3 is 0 Å². The molecule has 2 aromatic heterocycles. The maximum atomic E-state index is 6.09. The fourth-order valence-electron chi connectivity index (χ4n) is 3.25. The summed E-state index contributed by atoms with van der Waals surface area (Å²) in [5.74, 6) is 1.99. The molecule has 4 aromatic rings. The predicted octanol–water partition coefficient (Wildman–Crippen LogP) is 5.40. The van der Waals surface area contributed by atoms with Gasteiger partial charge in [0.15, 0.2) is 17.3 Å². The third-order valence-electron chi connectivity index (χ3n) is 4.97. The highest BCUT2D eigenvalue weighted by atomic mass is 79.9. The van der Waals surface area contributed by atoms with Crippen LogP contribution >= 0.6 is 28.1 Å². The fraction of sp³-hybridized carbons (Fsp3) is 0.174. The highest BCUT2D eigenvalue weighted by molar-refractivity contribution is 9.10. The van der Waals surface area contributed by atoms with Crippen molar-refractivity contribution in [1.29, 1.82) is 0 Å². The van der Waals surface area contributed by atoms with Crippen molar-refractivity contribution in [3.8, 4) is 22.9 Å². The molecule has 9 heteroatoms. The van der Waals surface area contributed by atoms with E-state index in [1.165, 1.54) is 5.56 Å². The highest BCUT2D eigenvalue weighted by Gasteiger charge is 2.14. The number of pyridine rings is 1.